The van der Waals surface area contributed by atoms with Crippen LogP contribution in [-0.2, 0) is 37.5 Å². The summed E-state index contributed by atoms with van der Waals surface area (Å²) >= 11 is 6.43. The van der Waals surface area contributed by atoms with E-state index in [1.54, 1.807) is 13.2 Å². The summed E-state index contributed by atoms with van der Waals surface area (Å²) in [5.41, 5.74) is 0.951. The van der Waals surface area contributed by atoms with E-state index in [2.05, 4.69) is 35.3 Å². The molecule has 40 heavy (non-hydrogen) atoms. The molecular formula is C31H41ClFN3O4. The third-order valence-corrected chi connectivity index (χ3v) is 8.77. The van der Waals surface area contributed by atoms with Gasteiger partial charge in [-0.05, 0) is 67.8 Å². The normalized spacial score (nSPS) is 20.4. The Kier molecular flexibility index (Phi) is 9.98. The van der Waals surface area contributed by atoms with Crippen LogP contribution in [-0.4, -0.2) is 61.9 Å². The minimum Gasteiger partial charge on any atom is -0.381 e. The molecule has 7 nitrogen and oxygen atoms in total. The molecule has 0 N–H and O–H groups in total. The lowest BCUT2D eigenvalue weighted by Gasteiger charge is -2.34. The van der Waals surface area contributed by atoms with E-state index in [-0.39, 0.29) is 29.6 Å². The highest BCUT2D eigenvalue weighted by Gasteiger charge is 2.40. The highest BCUT2D eigenvalue weighted by Crippen LogP contribution is 2.39. The number of benzene rings is 1. The molecule has 218 valence electrons. The second-order valence-corrected chi connectivity index (χ2v) is 11.2. The number of alkyl halides is 1. The van der Waals surface area contributed by atoms with Gasteiger partial charge in [0, 0.05) is 58.8 Å². The zero-order valence-corrected chi connectivity index (χ0v) is 24.8. The molecule has 1 fully saturated rings. The van der Waals surface area contributed by atoms with Gasteiger partial charge in [-0.1, -0.05) is 30.8 Å². The number of carbonyl (C=O) groups is 1. The van der Waals surface area contributed by atoms with Crippen LogP contribution in [0.15, 0.2) is 36.9 Å². The first kappa shape index (κ1) is 30.6. The number of fused-ring (bicyclic) bond motifs is 1. The van der Waals surface area contributed by atoms with Crippen LogP contribution in [0.3, 0.4) is 0 Å². The molecule has 3 atom stereocenters. The Labute approximate surface area is 242 Å². The molecule has 2 unspecified atom stereocenters. The molecule has 0 bridgehead atoms. The van der Waals surface area contributed by atoms with Crippen LogP contribution in [0, 0.1) is 5.92 Å². The van der Waals surface area contributed by atoms with E-state index in [0.29, 0.717) is 44.6 Å². The molecular weight excluding hydrogens is 533 g/mol. The SMILES string of the molecule is C=CC(F)(COC)c1cccc([C@@H](C)N(CC)c2nc(Cl)nc3c2CC(CCC(=O)C2(OC)CCOCC2)C3)c1. The summed E-state index contributed by atoms with van der Waals surface area (Å²) in [5, 5.41) is 0.208. The molecule has 2 aromatic rings. The first-order chi connectivity index (χ1) is 19.2. The van der Waals surface area contributed by atoms with Crippen molar-refractivity contribution in [1.29, 1.82) is 0 Å². The molecule has 1 aliphatic carbocycles. The van der Waals surface area contributed by atoms with Crippen LogP contribution in [0.5, 0.6) is 0 Å². The van der Waals surface area contributed by atoms with Crippen LogP contribution in [0.25, 0.3) is 0 Å². The van der Waals surface area contributed by atoms with E-state index in [1.807, 2.05) is 18.2 Å². The first-order valence-corrected chi connectivity index (χ1v) is 14.5. The van der Waals surface area contributed by atoms with Gasteiger partial charge in [0.2, 0.25) is 5.28 Å². The average molecular weight is 574 g/mol. The molecule has 0 spiro atoms. The quantitative estimate of drug-likeness (QED) is 0.216. The predicted octanol–water partition coefficient (Wildman–Crippen LogP) is 5.97. The fraction of sp³-hybridized carbons (Fsp3) is 0.581. The number of halogens is 2. The van der Waals surface area contributed by atoms with E-state index in [4.69, 9.17) is 25.8 Å². The highest BCUT2D eigenvalue weighted by molar-refractivity contribution is 6.28. The lowest BCUT2D eigenvalue weighted by molar-refractivity contribution is -0.153. The van der Waals surface area contributed by atoms with Crippen LogP contribution in [0.4, 0.5) is 10.2 Å². The Balaban J connectivity index is 1.53. The number of methoxy groups -OCH3 is 2. The van der Waals surface area contributed by atoms with Crippen LogP contribution in [0.2, 0.25) is 5.28 Å². The molecule has 0 amide bonds. The van der Waals surface area contributed by atoms with E-state index < -0.39 is 11.3 Å². The Hall–Kier alpha value is -2.39. The Bertz CT molecular complexity index is 1210. The Morgan fingerprint density at radius 3 is 2.73 bits per heavy atom. The molecule has 2 aliphatic rings. The fourth-order valence-electron chi connectivity index (χ4n) is 6.12. The number of anilines is 1. The Morgan fingerprint density at radius 1 is 1.32 bits per heavy atom. The second-order valence-electron chi connectivity index (χ2n) is 10.9. The van der Waals surface area contributed by atoms with Crippen molar-refractivity contribution in [2.45, 2.75) is 69.7 Å². The maximum atomic E-state index is 15.5. The van der Waals surface area contributed by atoms with Gasteiger partial charge in [-0.25, -0.2) is 14.4 Å². The number of ether oxygens (including phenoxy) is 3. The summed E-state index contributed by atoms with van der Waals surface area (Å²) in [6.07, 6.45) is 5.23. The molecule has 2 heterocycles. The van der Waals surface area contributed by atoms with E-state index in [0.717, 1.165) is 41.9 Å². The summed E-state index contributed by atoms with van der Waals surface area (Å²) in [7, 11) is 3.10. The van der Waals surface area contributed by atoms with Crippen molar-refractivity contribution in [2.75, 3.05) is 45.5 Å². The van der Waals surface area contributed by atoms with Gasteiger partial charge in [0.15, 0.2) is 11.5 Å². The number of rotatable bonds is 13. The van der Waals surface area contributed by atoms with Gasteiger partial charge in [-0.15, -0.1) is 0 Å². The van der Waals surface area contributed by atoms with Gasteiger partial charge in [-0.3, -0.25) is 4.79 Å². The number of nitrogens with zero attached hydrogens (tertiary/aromatic N) is 3. The fourth-order valence-corrected chi connectivity index (χ4v) is 6.30. The van der Waals surface area contributed by atoms with Crippen LogP contribution >= 0.6 is 11.6 Å². The topological polar surface area (TPSA) is 73.8 Å². The minimum absolute atomic E-state index is 0.104. The smallest absolute Gasteiger partial charge is 0.224 e. The molecule has 1 aliphatic heterocycles. The zero-order valence-electron chi connectivity index (χ0n) is 24.1. The largest absolute Gasteiger partial charge is 0.381 e. The van der Waals surface area contributed by atoms with Crippen molar-refractivity contribution in [3.63, 3.8) is 0 Å². The molecule has 1 saturated heterocycles. The van der Waals surface area contributed by atoms with Crippen molar-refractivity contribution < 1.29 is 23.4 Å². The summed E-state index contributed by atoms with van der Waals surface area (Å²) in [5.74, 6) is 1.22. The third-order valence-electron chi connectivity index (χ3n) is 8.60. The lowest BCUT2D eigenvalue weighted by Crippen LogP contribution is -2.45. The highest BCUT2D eigenvalue weighted by atomic mass is 35.5. The van der Waals surface area contributed by atoms with E-state index >= 15 is 4.39 Å². The van der Waals surface area contributed by atoms with Gasteiger partial charge >= 0.3 is 0 Å². The maximum absolute atomic E-state index is 15.5. The monoisotopic (exact) mass is 573 g/mol. The summed E-state index contributed by atoms with van der Waals surface area (Å²) in [6.45, 7) is 9.50. The molecule has 1 aromatic heterocycles. The number of Topliss-reactive ketones (excluding diaryl/α,β-unsaturated/α-hetero) is 1. The number of hydrogen-bond donors (Lipinski definition) is 0. The van der Waals surface area contributed by atoms with Crippen LogP contribution in [0.1, 0.15) is 68.0 Å². The molecule has 0 saturated carbocycles. The maximum Gasteiger partial charge on any atom is 0.224 e. The van der Waals surface area contributed by atoms with Crippen molar-refractivity contribution >= 4 is 23.2 Å². The standard InChI is InChI=1S/C31H41ClFN3O4/c1-6-30(33,20-38-4)24-10-8-9-23(19-24)21(3)36(7-2)28-25-17-22(18-26(25)34-29(32)35-28)11-12-27(37)31(39-5)13-15-40-16-14-31/h6,8-10,19,21-22H,1,7,11-18,20H2,2-5H3/t21-,22?,30?/m1/s1. The zero-order chi connectivity index (χ0) is 28.9. The average Bonchev–Trinajstić information content (AvgIpc) is 3.39. The van der Waals surface area contributed by atoms with Crippen LogP contribution < -0.4 is 4.90 Å². The number of hydrogen-bond acceptors (Lipinski definition) is 7. The van der Waals surface area contributed by atoms with Gasteiger partial charge in [-0.2, -0.15) is 0 Å². The van der Waals surface area contributed by atoms with Crippen molar-refractivity contribution in [3.8, 4) is 0 Å². The third kappa shape index (κ3) is 6.25. The van der Waals surface area contributed by atoms with E-state index in [9.17, 15) is 4.79 Å². The molecule has 9 heteroatoms. The number of carbonyl (C=O) groups excluding carboxylic acids is 1. The summed E-state index contributed by atoms with van der Waals surface area (Å²) in [6, 6.07) is 7.37. The Morgan fingerprint density at radius 2 is 2.08 bits per heavy atom. The van der Waals surface area contributed by atoms with Crippen molar-refractivity contribution in [2.24, 2.45) is 5.92 Å². The summed E-state index contributed by atoms with van der Waals surface area (Å²) < 4.78 is 31.8. The molecule has 0 radical (unpaired) electrons. The van der Waals surface area contributed by atoms with Gasteiger partial charge in [0.05, 0.1) is 18.3 Å². The van der Waals surface area contributed by atoms with Crippen molar-refractivity contribution in [1.82, 2.24) is 9.97 Å². The molecule has 4 rings (SSSR count). The second kappa shape index (κ2) is 13.1. The minimum atomic E-state index is -1.78. The lowest BCUT2D eigenvalue weighted by atomic mass is 9.85. The summed E-state index contributed by atoms with van der Waals surface area (Å²) in [4.78, 5) is 24.6. The van der Waals surface area contributed by atoms with Gasteiger partial charge in [0.1, 0.15) is 11.4 Å². The first-order valence-electron chi connectivity index (χ1n) is 14.1. The number of ketones is 1. The number of aromatic nitrogens is 2. The van der Waals surface area contributed by atoms with Gasteiger partial charge < -0.3 is 19.1 Å². The van der Waals surface area contributed by atoms with Gasteiger partial charge in [0.25, 0.3) is 0 Å². The molecule has 1 aromatic carbocycles. The predicted molar refractivity (Wildman–Crippen MR) is 155 cm³/mol. The van der Waals surface area contributed by atoms with Crippen molar-refractivity contribution in [3.05, 3.63) is 64.6 Å². The van der Waals surface area contributed by atoms with E-state index in [1.165, 1.54) is 13.2 Å².